The monoisotopic (exact) mass is 1280 g/mol. The van der Waals surface area contributed by atoms with E-state index in [1.807, 2.05) is 107 Å². The first kappa shape index (κ1) is 57.0. The van der Waals surface area contributed by atoms with E-state index in [-0.39, 0.29) is 30.0 Å². The van der Waals surface area contributed by atoms with E-state index in [4.69, 9.17) is 61.1 Å². The number of nitrogens with zero attached hydrogens (tertiary/aromatic N) is 6. The van der Waals surface area contributed by atoms with Crippen molar-refractivity contribution in [3.8, 4) is 0 Å². The normalized spacial score (nSPS) is 17.3. The summed E-state index contributed by atoms with van der Waals surface area (Å²) < 4.78 is 8.34. The Morgan fingerprint density at radius 3 is 1.87 bits per heavy atom. The topological polar surface area (TPSA) is 124 Å². The van der Waals surface area contributed by atoms with Crippen molar-refractivity contribution in [1.29, 1.82) is 0 Å². The molecule has 4 aromatic carbocycles. The number of benzene rings is 3. The van der Waals surface area contributed by atoms with Gasteiger partial charge in [0.05, 0.1) is 17.4 Å². The van der Waals surface area contributed by atoms with Crippen molar-refractivity contribution in [2.24, 2.45) is 0 Å². The number of aromatic nitrogens is 3. The van der Waals surface area contributed by atoms with Crippen molar-refractivity contribution in [3.63, 3.8) is 0 Å². The number of carbonyl (C=O) groups is 1. The first-order chi connectivity index (χ1) is 35.9. The maximum Gasteiger partial charge on any atom is 0.410 e. The van der Waals surface area contributed by atoms with E-state index in [1.54, 1.807) is 35.5 Å². The summed E-state index contributed by atoms with van der Waals surface area (Å²) in [5, 5.41) is 16.2. The molecule has 2 aliphatic carbocycles. The molecule has 3 aromatic heterocycles. The van der Waals surface area contributed by atoms with E-state index >= 15 is 0 Å². The molecule has 0 saturated carbocycles. The van der Waals surface area contributed by atoms with Crippen LogP contribution in [0.25, 0.3) is 42.8 Å². The third-order valence-electron chi connectivity index (χ3n) is 12.7. The Labute approximate surface area is 482 Å². The summed E-state index contributed by atoms with van der Waals surface area (Å²) in [6.45, 7) is 14.1. The van der Waals surface area contributed by atoms with Crippen LogP contribution in [0, 0.1) is 0 Å². The molecule has 0 spiro atoms. The predicted octanol–water partition coefficient (Wildman–Crippen LogP) is 14.0. The molecule has 11 nitrogen and oxygen atoms in total. The Kier molecular flexibility index (Phi) is 19.4. The number of halogens is 7. The molecule has 11 rings (SSSR count). The van der Waals surface area contributed by atoms with Crippen LogP contribution in [0.4, 0.5) is 4.79 Å². The molecule has 2 fully saturated rings. The molecule has 19 heteroatoms. The minimum absolute atomic E-state index is 0.0134. The van der Waals surface area contributed by atoms with Crippen molar-refractivity contribution in [3.05, 3.63) is 190 Å². The van der Waals surface area contributed by atoms with Gasteiger partial charge in [-0.2, -0.15) is 0 Å². The number of hydrogen-bond donors (Lipinski definition) is 2. The van der Waals surface area contributed by atoms with Crippen LogP contribution in [0.1, 0.15) is 77.0 Å². The number of fused-ring (bicyclic) bond motifs is 6. The average molecular weight is 1280 g/mol. The highest BCUT2D eigenvalue weighted by atomic mass is 79.9. The molecule has 388 valence electrons. The maximum atomic E-state index is 12.5. The van der Waals surface area contributed by atoms with E-state index in [2.05, 4.69) is 91.0 Å². The SMILES string of the molecule is CB(O)N1CCNCC1.CC(C)(C)OC(=O)N1CCN(C2c3ccc(Cl)cc3C(Br)=Cc3cccnc32)CC1.Clc1ccc2c(c1)C(Br)=Cc1cccnc1C2Cl.O=c1c2ccc(Cl)cc2c(Br)cc2cccnc12. The zero-order valence-corrected chi connectivity index (χ0v) is 49.3. The summed E-state index contributed by atoms with van der Waals surface area (Å²) in [6.07, 6.45) is 9.11. The first-order valence-corrected chi connectivity index (χ1v) is 28.2. The minimum atomic E-state index is -0.492. The highest BCUT2D eigenvalue weighted by Crippen LogP contribution is 2.44. The maximum absolute atomic E-state index is 12.5. The third kappa shape index (κ3) is 14.1. The van der Waals surface area contributed by atoms with Gasteiger partial charge in [0.1, 0.15) is 16.5 Å². The molecule has 2 unspecified atom stereocenters. The Bertz CT molecular complexity index is 3350. The highest BCUT2D eigenvalue weighted by molar-refractivity contribution is 9.15. The second kappa shape index (κ2) is 25.5. The molecule has 0 radical (unpaired) electrons. The van der Waals surface area contributed by atoms with Gasteiger partial charge < -0.3 is 24.8 Å². The molecule has 5 heterocycles. The lowest BCUT2D eigenvalue weighted by molar-refractivity contribution is 0.0118. The number of nitrogens with one attached hydrogen (secondary N) is 1. The lowest BCUT2D eigenvalue weighted by Gasteiger charge is -2.40. The summed E-state index contributed by atoms with van der Waals surface area (Å²) in [5.41, 5.74) is 8.15. The van der Waals surface area contributed by atoms with Gasteiger partial charge in [-0.3, -0.25) is 24.6 Å². The van der Waals surface area contributed by atoms with Gasteiger partial charge in [-0.05, 0) is 140 Å². The summed E-state index contributed by atoms with van der Waals surface area (Å²) in [4.78, 5) is 44.4. The van der Waals surface area contributed by atoms with Crippen molar-refractivity contribution in [1.82, 2.24) is 34.9 Å². The fourth-order valence-corrected chi connectivity index (χ4v) is 11.7. The van der Waals surface area contributed by atoms with Crippen molar-refractivity contribution < 1.29 is 14.6 Å². The minimum Gasteiger partial charge on any atom is -0.444 e. The first-order valence-electron chi connectivity index (χ1n) is 24.3. The number of alkyl halides is 1. The molecule has 2 aliphatic heterocycles. The molecule has 0 bridgehead atoms. The number of ether oxygens (including phenoxy) is 1. The average Bonchev–Trinajstić information content (AvgIpc) is 3.64. The fraction of sp³-hybridized carbons (Fsp3) is 0.268. The summed E-state index contributed by atoms with van der Waals surface area (Å²) in [6, 6.07) is 30.5. The molecular weight excluding hydrogens is 1230 g/mol. The number of amides is 1. The van der Waals surface area contributed by atoms with Gasteiger partial charge in [-0.1, -0.05) is 113 Å². The summed E-state index contributed by atoms with van der Waals surface area (Å²) >= 11 is 35.7. The van der Waals surface area contributed by atoms with Crippen molar-refractivity contribution in [2.75, 3.05) is 52.4 Å². The van der Waals surface area contributed by atoms with Crippen LogP contribution < -0.4 is 10.7 Å². The van der Waals surface area contributed by atoms with E-state index in [9.17, 15) is 9.59 Å². The number of pyridine rings is 3. The predicted molar refractivity (Wildman–Crippen MR) is 320 cm³/mol. The summed E-state index contributed by atoms with van der Waals surface area (Å²) in [7, 11) is -0.271. The molecule has 7 aromatic rings. The van der Waals surface area contributed by atoms with Gasteiger partial charge >= 0.3 is 13.1 Å². The number of carbonyl (C=O) groups excluding carboxylic acids is 1. The van der Waals surface area contributed by atoms with E-state index < -0.39 is 5.60 Å². The quantitative estimate of drug-likeness (QED) is 0.128. The lowest BCUT2D eigenvalue weighted by Crippen LogP contribution is -2.51. The molecule has 75 heavy (non-hydrogen) atoms. The van der Waals surface area contributed by atoms with Gasteiger partial charge in [-0.15, -0.1) is 11.6 Å². The molecule has 2 atom stereocenters. The van der Waals surface area contributed by atoms with Crippen LogP contribution in [0.5, 0.6) is 0 Å². The molecule has 2 saturated heterocycles. The highest BCUT2D eigenvalue weighted by Gasteiger charge is 2.34. The number of rotatable bonds is 2. The van der Waals surface area contributed by atoms with Crippen LogP contribution in [-0.2, 0) is 4.74 Å². The van der Waals surface area contributed by atoms with Crippen LogP contribution >= 0.6 is 94.2 Å². The van der Waals surface area contributed by atoms with Gasteiger partial charge in [0.25, 0.3) is 0 Å². The van der Waals surface area contributed by atoms with Crippen LogP contribution in [0.3, 0.4) is 0 Å². The van der Waals surface area contributed by atoms with Gasteiger partial charge in [0.15, 0.2) is 0 Å². The number of piperazine rings is 2. The Hall–Kier alpha value is -4.23. The van der Waals surface area contributed by atoms with Gasteiger partial charge in [0, 0.05) is 116 Å². The molecular formula is C56H53BBr3Cl4N7O4. The smallest absolute Gasteiger partial charge is 0.410 e. The van der Waals surface area contributed by atoms with Crippen LogP contribution in [0.15, 0.2) is 125 Å². The lowest BCUT2D eigenvalue weighted by atomic mass is 9.84. The van der Waals surface area contributed by atoms with Crippen molar-refractivity contribution in [2.45, 2.75) is 44.6 Å². The molecule has 2 N–H and O–H groups in total. The van der Waals surface area contributed by atoms with Crippen LogP contribution in [-0.4, -0.2) is 106 Å². The largest absolute Gasteiger partial charge is 0.444 e. The second-order valence-corrected chi connectivity index (χ2v) is 23.4. The van der Waals surface area contributed by atoms with E-state index in [1.165, 1.54) is 0 Å². The Morgan fingerprint density at radius 2 is 1.25 bits per heavy atom. The molecule has 1 amide bonds. The van der Waals surface area contributed by atoms with Crippen molar-refractivity contribution >= 4 is 150 Å². The zero-order valence-electron chi connectivity index (χ0n) is 41.5. The zero-order chi connectivity index (χ0) is 53.6. The fourth-order valence-electron chi connectivity index (χ4n) is 9.09. The van der Waals surface area contributed by atoms with E-state index in [0.717, 1.165) is 108 Å². The molecule has 4 aliphatic rings. The number of hydrogen-bond acceptors (Lipinski definition) is 10. The van der Waals surface area contributed by atoms with Crippen LogP contribution in [0.2, 0.25) is 21.9 Å². The Balaban J connectivity index is 0.000000143. The van der Waals surface area contributed by atoms with E-state index in [0.29, 0.717) is 39.1 Å². The Morgan fingerprint density at radius 1 is 0.707 bits per heavy atom. The third-order valence-corrected chi connectivity index (χ3v) is 15.9. The summed E-state index contributed by atoms with van der Waals surface area (Å²) in [5.74, 6) is 0. The van der Waals surface area contributed by atoms with Gasteiger partial charge in [0.2, 0.25) is 5.43 Å². The second-order valence-electron chi connectivity index (χ2n) is 19.0. The standard InChI is InChI=1S/C23H25BrClN3O2.C14H8BrCl2N.C14H7BrClNO.C5H13BN2O/c1-23(2,3)30-22(29)28-11-9-27(10-12-28)21-17-7-6-16(25)14-18(17)19(24)13-15-5-4-8-26-20(15)21;15-12-6-8-2-1-5-18-14(8)13(17)10-4-3-9(16)7-11(10)12;15-12-6-8-2-1-5-17-13(8)14(18)10-4-3-9(16)7-11(10)12;1-6(9)8-4-2-7-3-5-8/h4-8,13-14,21H,9-12H2,1-3H3;1-7,13H;1-7H;7,9H,2-5H2,1H3. The van der Waals surface area contributed by atoms with Gasteiger partial charge in [-0.25, -0.2) is 4.79 Å².